The van der Waals surface area contributed by atoms with Gasteiger partial charge >= 0.3 is 0 Å². The van der Waals surface area contributed by atoms with Gasteiger partial charge in [0, 0.05) is 0 Å². The molecular weight excluding hydrogens is 340 g/mol. The van der Waals surface area contributed by atoms with Crippen LogP contribution in [-0.4, -0.2) is 27.0 Å². The molecule has 0 saturated carbocycles. The molecule has 0 unspecified atom stereocenters. The molecule has 2 aliphatic heterocycles. The van der Waals surface area contributed by atoms with E-state index < -0.39 is 4.92 Å². The predicted octanol–water partition coefficient (Wildman–Crippen LogP) is 3.44. The van der Waals surface area contributed by atoms with Crippen LogP contribution in [0.3, 0.4) is 0 Å². The zero-order valence-corrected chi connectivity index (χ0v) is 13.7. The number of nitro benzene ring substituents is 1. The summed E-state index contributed by atoms with van der Waals surface area (Å²) in [5, 5.41) is 11.0. The number of hydrogen-bond acceptors (Lipinski definition) is 8. The summed E-state index contributed by atoms with van der Waals surface area (Å²) in [6, 6.07) is 2.80. The molecule has 0 fully saturated rings. The monoisotopic (exact) mass is 352 g/mol. The van der Waals surface area contributed by atoms with Gasteiger partial charge in [0.15, 0.2) is 11.5 Å². The number of nitro groups is 1. The highest BCUT2D eigenvalue weighted by molar-refractivity contribution is 8.45. The molecule has 2 heterocycles. The topological polar surface area (TPSA) is 91.0 Å². The molecule has 2 aliphatic rings. The van der Waals surface area contributed by atoms with E-state index in [4.69, 9.17) is 9.47 Å². The fourth-order valence-electron chi connectivity index (χ4n) is 2.01. The van der Waals surface area contributed by atoms with Gasteiger partial charge in [-0.15, -0.1) is 0 Å². The lowest BCUT2D eigenvalue weighted by Crippen LogP contribution is -1.94. The Morgan fingerprint density at radius 2 is 2.17 bits per heavy atom. The smallest absolute Gasteiger partial charge is 0.280 e. The Balaban J connectivity index is 1.97. The van der Waals surface area contributed by atoms with E-state index in [1.807, 2.05) is 6.92 Å². The molecule has 120 valence electrons. The molecule has 1 aromatic carbocycles. The third kappa shape index (κ3) is 3.35. The van der Waals surface area contributed by atoms with Crippen LogP contribution in [0.1, 0.15) is 18.9 Å². The van der Waals surface area contributed by atoms with Gasteiger partial charge in [0.1, 0.15) is 10.1 Å². The van der Waals surface area contributed by atoms with Gasteiger partial charge < -0.3 is 9.47 Å². The largest absolute Gasteiger partial charge is 0.454 e. The highest BCUT2D eigenvalue weighted by Gasteiger charge is 2.26. The molecule has 0 amide bonds. The molecule has 7 nitrogen and oxygen atoms in total. The van der Waals surface area contributed by atoms with E-state index in [9.17, 15) is 14.9 Å². The first-order valence-electron chi connectivity index (χ1n) is 6.82. The fraction of sp³-hybridized carbons (Fsp3) is 0.286. The van der Waals surface area contributed by atoms with Crippen LogP contribution < -0.4 is 9.47 Å². The summed E-state index contributed by atoms with van der Waals surface area (Å²) in [6.07, 6.45) is 2.40. The lowest BCUT2D eigenvalue weighted by atomic mass is 10.1. The van der Waals surface area contributed by atoms with E-state index in [-0.39, 0.29) is 28.9 Å². The molecule has 0 atom stereocenters. The summed E-state index contributed by atoms with van der Waals surface area (Å²) < 4.78 is 11.1. The first kappa shape index (κ1) is 15.9. The number of nitrogens with zero attached hydrogens (tertiary/aromatic N) is 2. The molecule has 0 N–H and O–H groups in total. The van der Waals surface area contributed by atoms with Crippen molar-refractivity contribution in [3.63, 3.8) is 0 Å². The van der Waals surface area contributed by atoms with Gasteiger partial charge in [-0.1, -0.05) is 18.7 Å². The van der Waals surface area contributed by atoms with Crippen molar-refractivity contribution in [3.05, 3.63) is 33.5 Å². The second-order valence-corrected chi connectivity index (χ2v) is 6.97. The Labute approximate surface area is 140 Å². The van der Waals surface area contributed by atoms with Gasteiger partial charge in [-0.25, -0.2) is 4.99 Å². The number of thioether (sulfide) groups is 2. The molecule has 9 heteroatoms. The van der Waals surface area contributed by atoms with Crippen LogP contribution in [-0.2, 0) is 4.79 Å². The van der Waals surface area contributed by atoms with Crippen molar-refractivity contribution in [1.82, 2.24) is 0 Å². The maximum absolute atomic E-state index is 12.0. The Kier molecular flexibility index (Phi) is 4.58. The summed E-state index contributed by atoms with van der Waals surface area (Å²) in [7, 11) is 0. The molecular formula is C14H12N2O5S2. The molecule has 0 aliphatic carbocycles. The Hall–Kier alpha value is -2.00. The van der Waals surface area contributed by atoms with E-state index in [2.05, 4.69) is 4.99 Å². The zero-order chi connectivity index (χ0) is 16.4. The Morgan fingerprint density at radius 3 is 2.87 bits per heavy atom. The van der Waals surface area contributed by atoms with Crippen LogP contribution in [0, 0.1) is 10.1 Å². The van der Waals surface area contributed by atoms with E-state index in [0.29, 0.717) is 15.9 Å². The SMILES string of the molecule is CCCSC1=N/C(=C\c2cc3c(cc2[N+](=O)[O-])OCO3)C(=O)S1. The van der Waals surface area contributed by atoms with Crippen molar-refractivity contribution in [2.45, 2.75) is 13.3 Å². The quantitative estimate of drug-likeness (QED) is 0.466. The minimum absolute atomic E-state index is 0.0251. The molecule has 0 spiro atoms. The highest BCUT2D eigenvalue weighted by atomic mass is 32.2. The number of hydrogen-bond donors (Lipinski definition) is 0. The molecule has 3 rings (SSSR count). The Morgan fingerprint density at radius 1 is 1.43 bits per heavy atom. The van der Waals surface area contributed by atoms with Crippen molar-refractivity contribution >= 4 is 44.8 Å². The molecule has 0 bridgehead atoms. The number of carbonyl (C=O) groups excluding carboxylic acids is 1. The van der Waals surface area contributed by atoms with Crippen LogP contribution in [0.5, 0.6) is 11.5 Å². The van der Waals surface area contributed by atoms with Crippen LogP contribution in [0.15, 0.2) is 22.8 Å². The summed E-state index contributed by atoms with van der Waals surface area (Å²) in [5.41, 5.74) is 0.327. The fourth-order valence-corrected chi connectivity index (χ4v) is 3.77. The number of aliphatic imine (C=N–C) groups is 1. The standard InChI is InChI=1S/C14H12N2O5S2/c1-2-3-22-14-15-9(13(17)23-14)4-8-5-11-12(21-7-20-11)6-10(8)16(18)19/h4-6H,2-3,7H2,1H3/b9-4-. The lowest BCUT2D eigenvalue weighted by molar-refractivity contribution is -0.385. The van der Waals surface area contributed by atoms with Gasteiger partial charge in [0.05, 0.1) is 16.6 Å². The van der Waals surface area contributed by atoms with E-state index >= 15 is 0 Å². The number of ether oxygens (including phenoxy) is 2. The summed E-state index contributed by atoms with van der Waals surface area (Å²) in [6.45, 7) is 2.07. The van der Waals surface area contributed by atoms with Gasteiger partial charge in [0.2, 0.25) is 11.9 Å². The van der Waals surface area contributed by atoms with E-state index in [1.165, 1.54) is 30.0 Å². The summed E-state index contributed by atoms with van der Waals surface area (Å²) in [4.78, 5) is 27.0. The van der Waals surface area contributed by atoms with Crippen molar-refractivity contribution in [2.24, 2.45) is 4.99 Å². The number of fused-ring (bicyclic) bond motifs is 1. The first-order valence-corrected chi connectivity index (χ1v) is 8.62. The molecule has 1 aromatic rings. The van der Waals surface area contributed by atoms with Crippen molar-refractivity contribution in [1.29, 1.82) is 0 Å². The third-order valence-corrected chi connectivity index (χ3v) is 5.26. The van der Waals surface area contributed by atoms with Crippen LogP contribution in [0.4, 0.5) is 5.69 Å². The average Bonchev–Trinajstić information content (AvgIpc) is 3.10. The second-order valence-electron chi connectivity index (χ2n) is 4.67. The lowest BCUT2D eigenvalue weighted by Gasteiger charge is -2.01. The van der Waals surface area contributed by atoms with Crippen LogP contribution >= 0.6 is 23.5 Å². The van der Waals surface area contributed by atoms with Crippen LogP contribution in [0.2, 0.25) is 0 Å². The Bertz CT molecular complexity index is 745. The molecule has 23 heavy (non-hydrogen) atoms. The normalized spacial score (nSPS) is 17.7. The third-order valence-electron chi connectivity index (χ3n) is 3.04. The average molecular weight is 352 g/mol. The van der Waals surface area contributed by atoms with Crippen molar-refractivity contribution < 1.29 is 19.2 Å². The van der Waals surface area contributed by atoms with Crippen molar-refractivity contribution in [3.8, 4) is 11.5 Å². The number of benzene rings is 1. The minimum Gasteiger partial charge on any atom is -0.454 e. The molecule has 0 aromatic heterocycles. The maximum atomic E-state index is 12.0. The minimum atomic E-state index is -0.516. The van der Waals surface area contributed by atoms with Gasteiger partial charge in [-0.2, -0.15) is 0 Å². The van der Waals surface area contributed by atoms with Gasteiger partial charge in [-0.3, -0.25) is 14.9 Å². The zero-order valence-electron chi connectivity index (χ0n) is 12.1. The summed E-state index contributed by atoms with van der Waals surface area (Å²) >= 11 is 2.56. The van der Waals surface area contributed by atoms with E-state index in [1.54, 1.807) is 0 Å². The maximum Gasteiger partial charge on any atom is 0.280 e. The number of carbonyl (C=O) groups is 1. The first-order chi connectivity index (χ1) is 11.1. The van der Waals surface area contributed by atoms with Crippen molar-refractivity contribution in [2.75, 3.05) is 12.5 Å². The van der Waals surface area contributed by atoms with Gasteiger partial charge in [-0.05, 0) is 36.1 Å². The molecule has 0 saturated heterocycles. The van der Waals surface area contributed by atoms with Crippen LogP contribution in [0.25, 0.3) is 6.08 Å². The molecule has 0 radical (unpaired) electrons. The van der Waals surface area contributed by atoms with E-state index in [0.717, 1.165) is 23.9 Å². The second kappa shape index (κ2) is 6.63. The highest BCUT2D eigenvalue weighted by Crippen LogP contribution is 2.40. The summed E-state index contributed by atoms with van der Waals surface area (Å²) in [5.74, 6) is 1.62. The van der Waals surface area contributed by atoms with Gasteiger partial charge in [0.25, 0.3) is 5.69 Å². The predicted molar refractivity (Wildman–Crippen MR) is 90.0 cm³/mol. The number of rotatable bonds is 4.